The summed E-state index contributed by atoms with van der Waals surface area (Å²) in [7, 11) is 0. The average molecular weight is 643 g/mol. The maximum absolute atomic E-state index is 12.6. The number of carbonyl (C=O) groups is 2. The van der Waals surface area contributed by atoms with Crippen LogP contribution in [0.4, 0.5) is 17.1 Å². The van der Waals surface area contributed by atoms with Crippen LogP contribution in [0.1, 0.15) is 61.2 Å². The zero-order chi connectivity index (χ0) is 32.3. The summed E-state index contributed by atoms with van der Waals surface area (Å²) in [6.45, 7) is -0.0339. The molecule has 3 unspecified atom stereocenters. The minimum Gasteiger partial charge on any atom is -0.618 e. The summed E-state index contributed by atoms with van der Waals surface area (Å²) in [4.78, 5) is 24.8. The number of hydrogen-bond acceptors (Lipinski definition) is 8. The van der Waals surface area contributed by atoms with Crippen molar-refractivity contribution >= 4 is 40.6 Å². The van der Waals surface area contributed by atoms with Crippen molar-refractivity contribution in [2.45, 2.75) is 62.2 Å². The molecule has 3 atom stereocenters. The molecule has 0 saturated carbocycles. The van der Waals surface area contributed by atoms with Gasteiger partial charge in [0.1, 0.15) is 0 Å². The third-order valence-corrected chi connectivity index (χ3v) is 8.73. The number of nitrogens with zero attached hydrogens (tertiary/aromatic N) is 1. The molecule has 5 N–H and O–H groups in total. The second kappa shape index (κ2) is 16.2. The molecule has 1 aromatic heterocycles. The number of hydrogen-bond donors (Lipinski definition) is 4. The Morgan fingerprint density at radius 3 is 2.24 bits per heavy atom. The number of carbonyl (C=O) groups excluding carboxylic acids is 2. The van der Waals surface area contributed by atoms with E-state index in [1.54, 1.807) is 30.3 Å². The number of amides is 2. The van der Waals surface area contributed by atoms with Crippen LogP contribution in [0, 0.1) is 5.21 Å². The molecule has 0 bridgehead atoms. The first-order chi connectivity index (χ1) is 22.4. The monoisotopic (exact) mass is 642 g/mol. The number of pyridine rings is 1. The predicted octanol–water partition coefficient (Wildman–Crippen LogP) is 5.87. The second-order valence-electron chi connectivity index (χ2n) is 11.0. The summed E-state index contributed by atoms with van der Waals surface area (Å²) in [6, 6.07) is 27.4. The van der Waals surface area contributed by atoms with Gasteiger partial charge >= 0.3 is 0 Å². The molecule has 240 valence electrons. The molecule has 0 spiro atoms. The van der Waals surface area contributed by atoms with Gasteiger partial charge in [-0.3, -0.25) is 9.59 Å². The fourth-order valence-corrected chi connectivity index (χ4v) is 6.00. The minimum atomic E-state index is -0.654. The van der Waals surface area contributed by atoms with E-state index < -0.39 is 6.29 Å². The molecule has 5 rings (SSSR count). The smallest absolute Gasteiger partial charge is 0.251 e. The zero-order valence-corrected chi connectivity index (χ0v) is 26.2. The van der Waals surface area contributed by atoms with Crippen LogP contribution in [0.15, 0.2) is 102 Å². The number of nitrogens with two attached hydrogens (primary N) is 1. The van der Waals surface area contributed by atoms with Crippen molar-refractivity contribution in [3.05, 3.63) is 119 Å². The van der Waals surface area contributed by atoms with Gasteiger partial charge in [0.2, 0.25) is 11.8 Å². The lowest BCUT2D eigenvalue weighted by Gasteiger charge is -2.36. The molecule has 1 aliphatic heterocycles. The summed E-state index contributed by atoms with van der Waals surface area (Å²) < 4.78 is 13.6. The number of nitrogen functional groups attached to an aromatic ring is 1. The van der Waals surface area contributed by atoms with Gasteiger partial charge in [0.25, 0.3) is 5.03 Å². The highest BCUT2D eigenvalue weighted by atomic mass is 32.2. The maximum atomic E-state index is 12.6. The Hall–Kier alpha value is -4.42. The van der Waals surface area contributed by atoms with Crippen LogP contribution >= 0.6 is 11.8 Å². The van der Waals surface area contributed by atoms with Crippen molar-refractivity contribution in [2.24, 2.45) is 0 Å². The number of thioether (sulfide) groups is 1. The van der Waals surface area contributed by atoms with Crippen molar-refractivity contribution in [3.63, 3.8) is 0 Å². The Kier molecular flexibility index (Phi) is 11.6. The number of aliphatic hydroxyl groups excluding tert-OH is 1. The normalized spacial score (nSPS) is 17.7. The van der Waals surface area contributed by atoms with E-state index in [0.29, 0.717) is 53.5 Å². The van der Waals surface area contributed by atoms with Gasteiger partial charge in [-0.25, -0.2) is 0 Å². The lowest BCUT2D eigenvalue weighted by Crippen LogP contribution is -2.32. The molecular weight excluding hydrogens is 604 g/mol. The molecule has 2 heterocycles. The summed E-state index contributed by atoms with van der Waals surface area (Å²) in [6.07, 6.45) is 2.71. The van der Waals surface area contributed by atoms with Gasteiger partial charge in [0.15, 0.2) is 12.5 Å². The van der Waals surface area contributed by atoms with E-state index in [9.17, 15) is 19.9 Å². The van der Waals surface area contributed by atoms with E-state index in [0.717, 1.165) is 21.4 Å². The number of aliphatic hydroxyl groups is 1. The van der Waals surface area contributed by atoms with Crippen molar-refractivity contribution in [1.82, 2.24) is 0 Å². The van der Waals surface area contributed by atoms with Crippen molar-refractivity contribution in [3.8, 4) is 0 Å². The van der Waals surface area contributed by atoms with Gasteiger partial charge in [-0.1, -0.05) is 60.3 Å². The molecule has 3 aromatic carbocycles. The van der Waals surface area contributed by atoms with Crippen molar-refractivity contribution < 1.29 is 28.9 Å². The molecule has 0 radical (unpaired) electrons. The Bertz CT molecular complexity index is 1600. The molecule has 10 nitrogen and oxygen atoms in total. The number of para-hydroxylation sites is 2. The Morgan fingerprint density at radius 1 is 0.870 bits per heavy atom. The lowest BCUT2D eigenvalue weighted by molar-refractivity contribution is -0.645. The van der Waals surface area contributed by atoms with Crippen molar-refractivity contribution in [1.29, 1.82) is 0 Å². The standard InChI is InChI=1S/C35H38N4O6S/c36-29-7-1-2-8-30(29)38-33(42)10-4-3-9-32(41)37-27-18-16-26(17-19-27)35-44-28(23-46-34-11-5-6-20-39(34)43)21-31(45-35)25-14-12-24(22-40)13-15-25/h1-2,5-8,11-20,28,31,35,40H,3-4,9-10,21-23,36H2,(H,37,41)(H,38,42). The molecule has 0 aliphatic carbocycles. The van der Waals surface area contributed by atoms with Crippen LogP contribution in [-0.4, -0.2) is 28.8 Å². The number of anilines is 3. The molecule has 1 saturated heterocycles. The maximum Gasteiger partial charge on any atom is 0.251 e. The highest BCUT2D eigenvalue weighted by Crippen LogP contribution is 2.39. The van der Waals surface area contributed by atoms with E-state index in [2.05, 4.69) is 10.6 Å². The lowest BCUT2D eigenvalue weighted by atomic mass is 10.0. The quantitative estimate of drug-likeness (QED) is 0.0465. The van der Waals surface area contributed by atoms with E-state index in [4.69, 9.17) is 15.2 Å². The van der Waals surface area contributed by atoms with E-state index in [1.165, 1.54) is 18.0 Å². The predicted molar refractivity (Wildman–Crippen MR) is 178 cm³/mol. The third-order valence-electron chi connectivity index (χ3n) is 7.58. The first kappa shape index (κ1) is 33.0. The molecule has 46 heavy (non-hydrogen) atoms. The van der Waals surface area contributed by atoms with E-state index in [-0.39, 0.29) is 37.0 Å². The minimum absolute atomic E-state index is 0.0339. The topological polar surface area (TPSA) is 150 Å². The summed E-state index contributed by atoms with van der Waals surface area (Å²) in [5.41, 5.74) is 10.2. The van der Waals surface area contributed by atoms with Crippen LogP contribution in [-0.2, 0) is 25.7 Å². The third kappa shape index (κ3) is 9.30. The van der Waals surface area contributed by atoms with Gasteiger partial charge in [-0.05, 0) is 54.3 Å². The average Bonchev–Trinajstić information content (AvgIpc) is 3.07. The number of unbranched alkanes of at least 4 members (excludes halogenated alkanes) is 1. The Morgan fingerprint density at radius 2 is 1.54 bits per heavy atom. The Labute approximate surface area is 272 Å². The van der Waals surface area contributed by atoms with Crippen LogP contribution in [0.25, 0.3) is 0 Å². The molecule has 2 amide bonds. The van der Waals surface area contributed by atoms with Gasteiger partial charge in [0.05, 0.1) is 30.2 Å². The highest BCUT2D eigenvalue weighted by molar-refractivity contribution is 7.99. The van der Waals surface area contributed by atoms with Crippen LogP contribution < -0.4 is 21.1 Å². The number of benzene rings is 3. The fourth-order valence-electron chi connectivity index (χ4n) is 5.07. The first-order valence-electron chi connectivity index (χ1n) is 15.2. The molecule has 1 fully saturated rings. The van der Waals surface area contributed by atoms with Gasteiger partial charge < -0.3 is 36.2 Å². The summed E-state index contributed by atoms with van der Waals surface area (Å²) >= 11 is 1.44. The number of aromatic nitrogens is 1. The Balaban J connectivity index is 1.14. The second-order valence-corrected chi connectivity index (χ2v) is 12.1. The van der Waals surface area contributed by atoms with E-state index >= 15 is 0 Å². The summed E-state index contributed by atoms with van der Waals surface area (Å²) in [5, 5.41) is 27.9. The van der Waals surface area contributed by atoms with Gasteiger partial charge in [0, 0.05) is 48.4 Å². The molecule has 4 aromatic rings. The fraction of sp³-hybridized carbons (Fsp3) is 0.286. The summed E-state index contributed by atoms with van der Waals surface area (Å²) in [5.74, 6) is 0.291. The SMILES string of the molecule is Nc1ccccc1NC(=O)CCCCC(=O)Nc1ccc(C2OC(CSc3cccc[n+]3[O-])CC(c3ccc(CO)cc3)O2)cc1. The van der Waals surface area contributed by atoms with Crippen LogP contribution in [0.5, 0.6) is 0 Å². The molecule has 1 aliphatic rings. The first-order valence-corrected chi connectivity index (χ1v) is 16.2. The van der Waals surface area contributed by atoms with Gasteiger partial charge in [-0.15, -0.1) is 0 Å². The zero-order valence-electron chi connectivity index (χ0n) is 25.3. The molecule has 11 heteroatoms. The number of rotatable bonds is 13. The van der Waals surface area contributed by atoms with Crippen molar-refractivity contribution in [2.75, 3.05) is 22.1 Å². The number of ether oxygens (including phenoxy) is 2. The van der Waals surface area contributed by atoms with Gasteiger partial charge in [-0.2, -0.15) is 4.73 Å². The highest BCUT2D eigenvalue weighted by Gasteiger charge is 2.32. The number of nitrogens with one attached hydrogen (secondary N) is 2. The molecular formula is C35H38N4O6S. The van der Waals surface area contributed by atoms with Crippen LogP contribution in [0.2, 0.25) is 0 Å². The largest absolute Gasteiger partial charge is 0.618 e. The van der Waals surface area contributed by atoms with Crippen LogP contribution in [0.3, 0.4) is 0 Å². The van der Waals surface area contributed by atoms with E-state index in [1.807, 2.05) is 60.7 Å².